The second kappa shape index (κ2) is 5.03. The van der Waals surface area contributed by atoms with Crippen LogP contribution in [-0.2, 0) is 9.53 Å². The molecule has 0 aromatic heterocycles. The molecule has 0 saturated heterocycles. The molecule has 0 aromatic carbocycles. The van der Waals surface area contributed by atoms with Crippen LogP contribution < -0.4 is 0 Å². The van der Waals surface area contributed by atoms with Crippen LogP contribution in [0.3, 0.4) is 0 Å². The Labute approximate surface area is 100 Å². The number of hydrogen-bond acceptors (Lipinski definition) is 2. The van der Waals surface area contributed by atoms with Gasteiger partial charge in [-0.1, -0.05) is 32.9 Å². The van der Waals surface area contributed by atoms with Gasteiger partial charge in [-0.05, 0) is 39.0 Å². The quantitative estimate of drug-likeness (QED) is 0.538. The standard InChI is InChI=1S/C14H26O2/c1-10(2)14(7,8)11(3)9-16-12(15)13(4,5)6/h11H,1,9H2,2-8H3. The molecule has 0 N–H and O–H groups in total. The van der Waals surface area contributed by atoms with Crippen molar-refractivity contribution in [1.29, 1.82) is 0 Å². The van der Waals surface area contributed by atoms with Crippen molar-refractivity contribution in [1.82, 2.24) is 0 Å². The van der Waals surface area contributed by atoms with Crippen molar-refractivity contribution in [2.24, 2.45) is 16.7 Å². The zero-order valence-electron chi connectivity index (χ0n) is 11.8. The summed E-state index contributed by atoms with van der Waals surface area (Å²) in [5.74, 6) is 0.133. The average molecular weight is 226 g/mol. The Morgan fingerprint density at radius 1 is 1.25 bits per heavy atom. The lowest BCUT2D eigenvalue weighted by Gasteiger charge is -2.32. The summed E-state index contributed by atoms with van der Waals surface area (Å²) in [6.07, 6.45) is 0. The fraction of sp³-hybridized carbons (Fsp3) is 0.786. The molecule has 0 aromatic rings. The number of rotatable bonds is 4. The summed E-state index contributed by atoms with van der Waals surface area (Å²) in [6.45, 7) is 18.4. The van der Waals surface area contributed by atoms with E-state index in [4.69, 9.17) is 4.74 Å². The van der Waals surface area contributed by atoms with E-state index in [0.29, 0.717) is 6.61 Å². The molecule has 0 spiro atoms. The lowest BCUT2D eigenvalue weighted by molar-refractivity contribution is -0.155. The first-order valence-corrected chi connectivity index (χ1v) is 5.82. The molecule has 2 nitrogen and oxygen atoms in total. The van der Waals surface area contributed by atoms with Crippen molar-refractivity contribution in [2.75, 3.05) is 6.61 Å². The fourth-order valence-corrected chi connectivity index (χ4v) is 1.05. The Bertz CT molecular complexity index is 269. The molecule has 0 saturated carbocycles. The van der Waals surface area contributed by atoms with Crippen molar-refractivity contribution >= 4 is 5.97 Å². The van der Waals surface area contributed by atoms with Gasteiger partial charge in [-0.15, -0.1) is 0 Å². The third kappa shape index (κ3) is 3.99. The highest BCUT2D eigenvalue weighted by Gasteiger charge is 2.29. The van der Waals surface area contributed by atoms with Crippen molar-refractivity contribution in [3.8, 4) is 0 Å². The van der Waals surface area contributed by atoms with E-state index in [-0.39, 0.29) is 17.3 Å². The summed E-state index contributed by atoms with van der Waals surface area (Å²) in [7, 11) is 0. The van der Waals surface area contributed by atoms with Gasteiger partial charge in [0.2, 0.25) is 0 Å². The number of allylic oxidation sites excluding steroid dienone is 1. The number of esters is 1. The Hall–Kier alpha value is -0.790. The Morgan fingerprint density at radius 3 is 2.00 bits per heavy atom. The van der Waals surface area contributed by atoms with E-state index in [2.05, 4.69) is 27.4 Å². The van der Waals surface area contributed by atoms with Gasteiger partial charge in [0, 0.05) is 0 Å². The number of ether oxygens (including phenoxy) is 1. The lowest BCUT2D eigenvalue weighted by atomic mass is 9.75. The van der Waals surface area contributed by atoms with Crippen LogP contribution in [0.15, 0.2) is 12.2 Å². The summed E-state index contributed by atoms with van der Waals surface area (Å²) in [5, 5.41) is 0. The second-order valence-electron chi connectivity index (χ2n) is 6.25. The van der Waals surface area contributed by atoms with Gasteiger partial charge < -0.3 is 4.74 Å². The maximum absolute atomic E-state index is 11.6. The van der Waals surface area contributed by atoms with Crippen LogP contribution in [0, 0.1) is 16.7 Å². The van der Waals surface area contributed by atoms with E-state index in [1.165, 1.54) is 0 Å². The van der Waals surface area contributed by atoms with Gasteiger partial charge in [0.1, 0.15) is 0 Å². The average Bonchev–Trinajstić information content (AvgIpc) is 2.11. The fourth-order valence-electron chi connectivity index (χ4n) is 1.05. The Morgan fingerprint density at radius 2 is 1.69 bits per heavy atom. The molecule has 16 heavy (non-hydrogen) atoms. The Kier molecular flexibility index (Phi) is 4.78. The molecule has 0 fully saturated rings. The normalized spacial score (nSPS) is 14.4. The van der Waals surface area contributed by atoms with E-state index in [1.54, 1.807) is 0 Å². The minimum atomic E-state index is -0.424. The number of carbonyl (C=O) groups is 1. The van der Waals surface area contributed by atoms with Crippen molar-refractivity contribution in [2.45, 2.75) is 48.5 Å². The predicted octanol–water partition coefficient (Wildman–Crippen LogP) is 3.81. The first kappa shape index (κ1) is 15.2. The SMILES string of the molecule is C=C(C)C(C)(C)C(C)COC(=O)C(C)(C)C. The maximum Gasteiger partial charge on any atom is 0.311 e. The van der Waals surface area contributed by atoms with Crippen molar-refractivity contribution in [3.05, 3.63) is 12.2 Å². The summed E-state index contributed by atoms with van der Waals surface area (Å²) < 4.78 is 5.32. The van der Waals surface area contributed by atoms with Crippen LogP contribution >= 0.6 is 0 Å². The lowest BCUT2D eigenvalue weighted by Crippen LogP contribution is -2.30. The first-order chi connectivity index (χ1) is 6.99. The van der Waals surface area contributed by atoms with Crippen LogP contribution in [0.4, 0.5) is 0 Å². The third-order valence-corrected chi connectivity index (χ3v) is 3.41. The highest BCUT2D eigenvalue weighted by Crippen LogP contribution is 2.34. The molecule has 0 radical (unpaired) electrons. The molecular formula is C14H26O2. The van der Waals surface area contributed by atoms with Crippen LogP contribution in [0.25, 0.3) is 0 Å². The summed E-state index contributed by atoms with van der Waals surface area (Å²) in [4.78, 5) is 11.6. The molecule has 0 aliphatic heterocycles. The third-order valence-electron chi connectivity index (χ3n) is 3.41. The van der Waals surface area contributed by atoms with Gasteiger partial charge >= 0.3 is 5.97 Å². The molecule has 0 rings (SSSR count). The smallest absolute Gasteiger partial charge is 0.311 e. The Balaban J connectivity index is 4.34. The summed E-state index contributed by atoms with van der Waals surface area (Å²) in [5.41, 5.74) is 0.692. The van der Waals surface area contributed by atoms with Crippen LogP contribution in [0.5, 0.6) is 0 Å². The van der Waals surface area contributed by atoms with Gasteiger partial charge in [0.05, 0.1) is 12.0 Å². The monoisotopic (exact) mass is 226 g/mol. The minimum Gasteiger partial charge on any atom is -0.465 e. The molecule has 0 amide bonds. The zero-order valence-corrected chi connectivity index (χ0v) is 11.8. The van der Waals surface area contributed by atoms with Gasteiger partial charge in [-0.25, -0.2) is 0 Å². The van der Waals surface area contributed by atoms with Crippen LogP contribution in [-0.4, -0.2) is 12.6 Å². The van der Waals surface area contributed by atoms with Gasteiger partial charge in [0.15, 0.2) is 0 Å². The predicted molar refractivity (Wildman–Crippen MR) is 68.2 cm³/mol. The molecule has 1 unspecified atom stereocenters. The van der Waals surface area contributed by atoms with Crippen molar-refractivity contribution in [3.63, 3.8) is 0 Å². The van der Waals surface area contributed by atoms with Crippen LogP contribution in [0.2, 0.25) is 0 Å². The molecule has 0 aliphatic rings. The van der Waals surface area contributed by atoms with E-state index in [0.717, 1.165) is 5.57 Å². The first-order valence-electron chi connectivity index (χ1n) is 5.82. The van der Waals surface area contributed by atoms with E-state index in [1.807, 2.05) is 27.7 Å². The maximum atomic E-state index is 11.6. The molecule has 1 atom stereocenters. The van der Waals surface area contributed by atoms with Gasteiger partial charge in [-0.3, -0.25) is 4.79 Å². The van der Waals surface area contributed by atoms with E-state index >= 15 is 0 Å². The highest BCUT2D eigenvalue weighted by atomic mass is 16.5. The topological polar surface area (TPSA) is 26.3 Å². The molecular weight excluding hydrogens is 200 g/mol. The van der Waals surface area contributed by atoms with Gasteiger partial charge in [-0.2, -0.15) is 0 Å². The molecule has 0 aliphatic carbocycles. The van der Waals surface area contributed by atoms with Crippen LogP contribution in [0.1, 0.15) is 48.5 Å². The molecule has 94 valence electrons. The van der Waals surface area contributed by atoms with E-state index < -0.39 is 5.41 Å². The molecule has 0 heterocycles. The highest BCUT2D eigenvalue weighted by molar-refractivity contribution is 5.75. The summed E-state index contributed by atoms with van der Waals surface area (Å²) in [6, 6.07) is 0. The summed E-state index contributed by atoms with van der Waals surface area (Å²) >= 11 is 0. The molecule has 2 heteroatoms. The number of carbonyl (C=O) groups excluding carboxylic acids is 1. The van der Waals surface area contributed by atoms with E-state index in [9.17, 15) is 4.79 Å². The van der Waals surface area contributed by atoms with Crippen molar-refractivity contribution < 1.29 is 9.53 Å². The molecule has 0 bridgehead atoms. The largest absolute Gasteiger partial charge is 0.465 e. The minimum absolute atomic E-state index is 0.00182. The second-order valence-corrected chi connectivity index (χ2v) is 6.25. The number of hydrogen-bond donors (Lipinski definition) is 0. The van der Waals surface area contributed by atoms with Gasteiger partial charge in [0.25, 0.3) is 0 Å². The zero-order chi connectivity index (χ0) is 13.1.